The lowest BCUT2D eigenvalue weighted by molar-refractivity contribution is 0.414. The Kier molecular flexibility index (Phi) is 2.13. The van der Waals surface area contributed by atoms with Crippen LogP contribution in [0.25, 0.3) is 0 Å². The summed E-state index contributed by atoms with van der Waals surface area (Å²) >= 11 is 0. The van der Waals surface area contributed by atoms with Gasteiger partial charge in [0.05, 0.1) is 12.8 Å². The Bertz CT molecular complexity index is 294. The lowest BCUT2D eigenvalue weighted by atomic mass is 10.2. The van der Waals surface area contributed by atoms with E-state index in [9.17, 15) is 0 Å². The number of methoxy groups -OCH3 is 1. The minimum absolute atomic E-state index is 0.733. The van der Waals surface area contributed by atoms with E-state index in [1.54, 1.807) is 7.11 Å². The van der Waals surface area contributed by atoms with Crippen LogP contribution in [0.1, 0.15) is 12.8 Å². The molecule has 1 aromatic rings. The van der Waals surface area contributed by atoms with E-state index in [0.717, 1.165) is 11.8 Å². The molecule has 0 amide bonds. The molecule has 2 heteroatoms. The van der Waals surface area contributed by atoms with Crippen molar-refractivity contribution in [1.82, 2.24) is 0 Å². The molecule has 1 aromatic carbocycles. The average molecular weight is 177 g/mol. The summed E-state index contributed by atoms with van der Waals surface area (Å²) in [6.45, 7) is 0. The minimum atomic E-state index is 0.733. The van der Waals surface area contributed by atoms with Gasteiger partial charge < -0.3 is 9.64 Å². The molecule has 0 unspecified atom stereocenters. The molecule has 1 fully saturated rings. The molecule has 0 spiro atoms. The van der Waals surface area contributed by atoms with Gasteiger partial charge in [-0.2, -0.15) is 0 Å². The van der Waals surface area contributed by atoms with Gasteiger partial charge in [0.25, 0.3) is 0 Å². The third-order valence-electron chi connectivity index (χ3n) is 2.56. The van der Waals surface area contributed by atoms with E-state index in [0.29, 0.717) is 0 Å². The minimum Gasteiger partial charge on any atom is -0.495 e. The monoisotopic (exact) mass is 177 g/mol. The van der Waals surface area contributed by atoms with Gasteiger partial charge in [0.2, 0.25) is 0 Å². The Morgan fingerprint density at radius 1 is 1.31 bits per heavy atom. The van der Waals surface area contributed by atoms with Crippen molar-refractivity contribution in [1.29, 1.82) is 0 Å². The normalized spacial score (nSPS) is 15.5. The number of anilines is 1. The SMILES string of the molecule is COc1ccccc1N(C)C1CC1. The number of rotatable bonds is 3. The van der Waals surface area contributed by atoms with Crippen LogP contribution in [0.15, 0.2) is 24.3 Å². The summed E-state index contributed by atoms with van der Waals surface area (Å²) in [5.74, 6) is 0.969. The van der Waals surface area contributed by atoms with Crippen molar-refractivity contribution in [2.75, 3.05) is 19.1 Å². The van der Waals surface area contributed by atoms with Crippen LogP contribution in [-0.2, 0) is 0 Å². The lowest BCUT2D eigenvalue weighted by Crippen LogP contribution is -2.19. The first kappa shape index (κ1) is 8.42. The Morgan fingerprint density at radius 2 is 2.00 bits per heavy atom. The van der Waals surface area contributed by atoms with E-state index < -0.39 is 0 Å². The maximum absolute atomic E-state index is 5.30. The number of hydrogen-bond donors (Lipinski definition) is 0. The summed E-state index contributed by atoms with van der Waals surface area (Å²) in [6.07, 6.45) is 2.63. The first-order valence-corrected chi connectivity index (χ1v) is 4.69. The van der Waals surface area contributed by atoms with E-state index in [1.165, 1.54) is 18.5 Å². The predicted molar refractivity (Wildman–Crippen MR) is 54.4 cm³/mol. The Hall–Kier alpha value is -1.18. The van der Waals surface area contributed by atoms with Gasteiger partial charge in [-0.3, -0.25) is 0 Å². The van der Waals surface area contributed by atoms with Gasteiger partial charge in [-0.25, -0.2) is 0 Å². The van der Waals surface area contributed by atoms with Gasteiger partial charge >= 0.3 is 0 Å². The molecular weight excluding hydrogens is 162 g/mol. The van der Waals surface area contributed by atoms with Crippen LogP contribution in [0.4, 0.5) is 5.69 Å². The van der Waals surface area contributed by atoms with Gasteiger partial charge in [-0.05, 0) is 25.0 Å². The highest BCUT2D eigenvalue weighted by molar-refractivity contribution is 5.59. The van der Waals surface area contributed by atoms with Crippen LogP contribution in [0.3, 0.4) is 0 Å². The molecule has 0 saturated heterocycles. The van der Waals surface area contributed by atoms with Crippen molar-refractivity contribution in [2.24, 2.45) is 0 Å². The van der Waals surface area contributed by atoms with Crippen LogP contribution in [-0.4, -0.2) is 20.2 Å². The first-order valence-electron chi connectivity index (χ1n) is 4.69. The van der Waals surface area contributed by atoms with Crippen molar-refractivity contribution >= 4 is 5.69 Å². The van der Waals surface area contributed by atoms with Crippen LogP contribution in [0.2, 0.25) is 0 Å². The Morgan fingerprint density at radius 3 is 2.62 bits per heavy atom. The molecule has 0 N–H and O–H groups in total. The first-order chi connectivity index (χ1) is 6.33. The Labute approximate surface area is 79.1 Å². The topological polar surface area (TPSA) is 12.5 Å². The van der Waals surface area contributed by atoms with Crippen molar-refractivity contribution in [3.8, 4) is 5.75 Å². The number of ether oxygens (including phenoxy) is 1. The highest BCUT2D eigenvalue weighted by atomic mass is 16.5. The molecule has 0 bridgehead atoms. The predicted octanol–water partition coefficient (Wildman–Crippen LogP) is 2.29. The van der Waals surface area contributed by atoms with Gasteiger partial charge in [-0.1, -0.05) is 12.1 Å². The molecule has 0 aromatic heterocycles. The van der Waals surface area contributed by atoms with Crippen LogP contribution < -0.4 is 9.64 Å². The second kappa shape index (κ2) is 3.29. The fourth-order valence-corrected chi connectivity index (χ4v) is 1.58. The molecule has 2 rings (SSSR count). The van der Waals surface area contributed by atoms with Gasteiger partial charge in [0, 0.05) is 13.1 Å². The third-order valence-corrected chi connectivity index (χ3v) is 2.56. The van der Waals surface area contributed by atoms with Crippen molar-refractivity contribution in [3.63, 3.8) is 0 Å². The molecule has 1 aliphatic carbocycles. The molecule has 0 aliphatic heterocycles. The zero-order valence-electron chi connectivity index (χ0n) is 8.16. The maximum atomic E-state index is 5.30. The summed E-state index contributed by atoms with van der Waals surface area (Å²) in [5.41, 5.74) is 1.20. The Balaban J connectivity index is 2.26. The van der Waals surface area contributed by atoms with E-state index >= 15 is 0 Å². The van der Waals surface area contributed by atoms with E-state index in [2.05, 4.69) is 24.1 Å². The quantitative estimate of drug-likeness (QED) is 0.702. The number of hydrogen-bond acceptors (Lipinski definition) is 2. The largest absolute Gasteiger partial charge is 0.495 e. The summed E-state index contributed by atoms with van der Waals surface area (Å²) in [5, 5.41) is 0. The molecule has 1 saturated carbocycles. The zero-order chi connectivity index (χ0) is 9.26. The lowest BCUT2D eigenvalue weighted by Gasteiger charge is -2.20. The summed E-state index contributed by atoms with van der Waals surface area (Å²) in [6, 6.07) is 8.90. The number of benzene rings is 1. The summed E-state index contributed by atoms with van der Waals surface area (Å²) in [7, 11) is 3.86. The molecule has 0 atom stereocenters. The fourth-order valence-electron chi connectivity index (χ4n) is 1.58. The average Bonchev–Trinajstić information content (AvgIpc) is 3.00. The smallest absolute Gasteiger partial charge is 0.142 e. The highest BCUT2D eigenvalue weighted by Gasteiger charge is 2.27. The van der Waals surface area contributed by atoms with E-state index in [-0.39, 0.29) is 0 Å². The second-order valence-corrected chi connectivity index (χ2v) is 3.51. The van der Waals surface area contributed by atoms with Crippen molar-refractivity contribution < 1.29 is 4.74 Å². The van der Waals surface area contributed by atoms with Crippen LogP contribution >= 0.6 is 0 Å². The van der Waals surface area contributed by atoms with Crippen LogP contribution in [0.5, 0.6) is 5.75 Å². The zero-order valence-corrected chi connectivity index (χ0v) is 8.16. The number of para-hydroxylation sites is 2. The molecule has 0 radical (unpaired) electrons. The fraction of sp³-hybridized carbons (Fsp3) is 0.455. The maximum Gasteiger partial charge on any atom is 0.142 e. The second-order valence-electron chi connectivity index (χ2n) is 3.51. The molecule has 2 nitrogen and oxygen atoms in total. The van der Waals surface area contributed by atoms with Gasteiger partial charge in [0.1, 0.15) is 5.75 Å². The van der Waals surface area contributed by atoms with Crippen LogP contribution in [0, 0.1) is 0 Å². The standard InChI is InChI=1S/C11H15NO/c1-12(9-7-8-9)10-5-3-4-6-11(10)13-2/h3-6,9H,7-8H2,1-2H3. The van der Waals surface area contributed by atoms with E-state index in [4.69, 9.17) is 4.74 Å². The summed E-state index contributed by atoms with van der Waals surface area (Å²) < 4.78 is 5.30. The van der Waals surface area contributed by atoms with Crippen molar-refractivity contribution in [2.45, 2.75) is 18.9 Å². The molecular formula is C11H15NO. The third kappa shape index (κ3) is 1.62. The summed E-state index contributed by atoms with van der Waals surface area (Å²) in [4.78, 5) is 2.30. The van der Waals surface area contributed by atoms with Crippen molar-refractivity contribution in [3.05, 3.63) is 24.3 Å². The van der Waals surface area contributed by atoms with Gasteiger partial charge in [-0.15, -0.1) is 0 Å². The molecule has 1 aliphatic rings. The molecule has 0 heterocycles. The molecule has 13 heavy (non-hydrogen) atoms. The van der Waals surface area contributed by atoms with E-state index in [1.807, 2.05) is 12.1 Å². The molecule has 70 valence electrons. The number of nitrogens with zero attached hydrogens (tertiary/aromatic N) is 1. The van der Waals surface area contributed by atoms with Gasteiger partial charge in [0.15, 0.2) is 0 Å². The highest BCUT2D eigenvalue weighted by Crippen LogP contribution is 2.35.